The highest BCUT2D eigenvalue weighted by Crippen LogP contribution is 2.32. The molecule has 1 unspecified atom stereocenters. The molecule has 1 aliphatic heterocycles. The molecule has 6 nitrogen and oxygen atoms in total. The molecule has 0 saturated carbocycles. The van der Waals surface area contributed by atoms with Crippen molar-refractivity contribution < 1.29 is 14.3 Å². The Kier molecular flexibility index (Phi) is 6.08. The molecular weight excluding hydrogens is 386 g/mol. The highest BCUT2D eigenvalue weighted by molar-refractivity contribution is 8.15. The molecule has 0 bridgehead atoms. The number of amides is 2. The molecule has 0 spiro atoms. The van der Waals surface area contributed by atoms with E-state index in [1.807, 2.05) is 56.3 Å². The molecule has 7 heteroatoms. The monoisotopic (exact) mass is 409 g/mol. The van der Waals surface area contributed by atoms with Gasteiger partial charge < -0.3 is 10.5 Å². The number of nitrogens with zero attached hydrogens (tertiary/aromatic N) is 2. The van der Waals surface area contributed by atoms with Crippen LogP contribution in [0.2, 0.25) is 0 Å². The fraction of sp³-hybridized carbons (Fsp3) is 0.227. The maximum absolute atomic E-state index is 13.2. The summed E-state index contributed by atoms with van der Waals surface area (Å²) < 4.78 is 5.17. The topological polar surface area (TPSA) is 85.0 Å². The van der Waals surface area contributed by atoms with Gasteiger partial charge in [-0.2, -0.15) is 0 Å². The average molecular weight is 410 g/mol. The Hall–Kier alpha value is -3.06. The van der Waals surface area contributed by atoms with E-state index in [1.165, 1.54) is 11.8 Å². The molecule has 0 fully saturated rings. The number of carbonyl (C=O) groups is 2. The van der Waals surface area contributed by atoms with Crippen LogP contribution in [-0.2, 0) is 9.59 Å². The molecule has 150 valence electrons. The molecule has 3 rings (SSSR count). The van der Waals surface area contributed by atoms with Gasteiger partial charge in [-0.25, -0.2) is 4.99 Å². The van der Waals surface area contributed by atoms with Crippen molar-refractivity contribution >= 4 is 40.5 Å². The minimum Gasteiger partial charge on any atom is -0.497 e. The van der Waals surface area contributed by atoms with E-state index in [9.17, 15) is 9.59 Å². The summed E-state index contributed by atoms with van der Waals surface area (Å²) in [7, 11) is 1.60. The number of carbonyl (C=O) groups excluding carboxylic acids is 2. The van der Waals surface area contributed by atoms with Crippen LogP contribution >= 0.6 is 11.8 Å². The fourth-order valence-electron chi connectivity index (χ4n) is 2.96. The van der Waals surface area contributed by atoms with Gasteiger partial charge in [-0.3, -0.25) is 14.5 Å². The van der Waals surface area contributed by atoms with Crippen molar-refractivity contribution in [1.82, 2.24) is 0 Å². The Morgan fingerprint density at radius 3 is 2.34 bits per heavy atom. The van der Waals surface area contributed by atoms with Crippen LogP contribution in [0.5, 0.6) is 5.75 Å². The Bertz CT molecular complexity index is 992. The number of benzene rings is 2. The largest absolute Gasteiger partial charge is 0.497 e. The number of amidine groups is 1. The second-order valence-electron chi connectivity index (χ2n) is 6.85. The zero-order chi connectivity index (χ0) is 21.1. The summed E-state index contributed by atoms with van der Waals surface area (Å²) >= 11 is 1.17. The number of hydrogen-bond donors (Lipinski definition) is 1. The van der Waals surface area contributed by atoms with Gasteiger partial charge in [-0.05, 0) is 67.8 Å². The maximum Gasteiger partial charge on any atom is 0.283 e. The first-order valence-electron chi connectivity index (χ1n) is 9.11. The van der Waals surface area contributed by atoms with Crippen LogP contribution in [0.25, 0.3) is 6.08 Å². The number of nitrogens with two attached hydrogens (primary N) is 1. The first-order valence-corrected chi connectivity index (χ1v) is 9.99. The molecule has 1 aliphatic rings. The first-order chi connectivity index (χ1) is 13.8. The summed E-state index contributed by atoms with van der Waals surface area (Å²) in [5.74, 6) is 0.0277. The number of ether oxygens (including phenoxy) is 1. The molecule has 2 aromatic rings. The van der Waals surface area contributed by atoms with E-state index in [0.29, 0.717) is 16.6 Å². The molecule has 0 aliphatic carbocycles. The van der Waals surface area contributed by atoms with Crippen molar-refractivity contribution in [2.24, 2.45) is 10.7 Å². The maximum atomic E-state index is 13.2. The van der Waals surface area contributed by atoms with Crippen molar-refractivity contribution in [3.05, 3.63) is 64.9 Å². The van der Waals surface area contributed by atoms with Gasteiger partial charge in [0.1, 0.15) is 11.4 Å². The van der Waals surface area contributed by atoms with Gasteiger partial charge in [0.2, 0.25) is 5.91 Å². The molecule has 29 heavy (non-hydrogen) atoms. The quantitative estimate of drug-likeness (QED) is 0.764. The van der Waals surface area contributed by atoms with Gasteiger partial charge in [0.25, 0.3) is 5.91 Å². The zero-order valence-corrected chi connectivity index (χ0v) is 17.6. The summed E-state index contributed by atoms with van der Waals surface area (Å²) in [4.78, 5) is 30.8. The minimum absolute atomic E-state index is 0.245. The van der Waals surface area contributed by atoms with Crippen LogP contribution in [0.1, 0.15) is 23.6 Å². The van der Waals surface area contributed by atoms with Crippen LogP contribution in [0.15, 0.2) is 53.2 Å². The average Bonchev–Trinajstić information content (AvgIpc) is 2.96. The van der Waals surface area contributed by atoms with Crippen LogP contribution in [-0.4, -0.2) is 29.3 Å². The summed E-state index contributed by atoms with van der Waals surface area (Å²) in [6.45, 7) is 5.65. The number of rotatable bonds is 5. The standard InChI is InChI=1S/C22H23N3O3S/c1-13-9-14(2)11-17(10-13)25-21(27)19(24-22(25)29-15(3)20(23)26)12-16-5-7-18(28-4)8-6-16/h5-12,15H,1-4H3,(H2,23,26). The van der Waals surface area contributed by atoms with E-state index in [-0.39, 0.29) is 5.91 Å². The second-order valence-corrected chi connectivity index (χ2v) is 8.15. The van der Waals surface area contributed by atoms with Gasteiger partial charge in [-0.1, -0.05) is 30.0 Å². The van der Waals surface area contributed by atoms with Gasteiger partial charge in [-0.15, -0.1) is 0 Å². The third-order valence-electron chi connectivity index (χ3n) is 4.40. The normalized spacial score (nSPS) is 16.1. The smallest absolute Gasteiger partial charge is 0.283 e. The summed E-state index contributed by atoms with van der Waals surface area (Å²) in [5, 5.41) is -0.0821. The second kappa shape index (κ2) is 8.53. The van der Waals surface area contributed by atoms with Crippen molar-refractivity contribution in [1.29, 1.82) is 0 Å². The lowest BCUT2D eigenvalue weighted by atomic mass is 10.1. The summed E-state index contributed by atoms with van der Waals surface area (Å²) in [6, 6.07) is 13.2. The lowest BCUT2D eigenvalue weighted by molar-refractivity contribution is -0.117. The van der Waals surface area contributed by atoms with Crippen molar-refractivity contribution in [2.75, 3.05) is 12.0 Å². The summed E-state index contributed by atoms with van der Waals surface area (Å²) in [5.41, 5.74) is 9.33. The number of aliphatic imine (C=N–C) groups is 1. The summed E-state index contributed by atoms with van der Waals surface area (Å²) in [6.07, 6.45) is 1.72. The van der Waals surface area contributed by atoms with Gasteiger partial charge in [0.15, 0.2) is 5.17 Å². The predicted octanol–water partition coefficient (Wildman–Crippen LogP) is 3.66. The number of aryl methyl sites for hydroxylation is 2. The Labute approximate surface area is 174 Å². The SMILES string of the molecule is COc1ccc(C=C2N=C(SC(C)C(N)=O)N(c3cc(C)cc(C)c3)C2=O)cc1. The number of primary amides is 1. The van der Waals surface area contributed by atoms with E-state index >= 15 is 0 Å². The molecular formula is C22H23N3O3S. The minimum atomic E-state index is -0.518. The Morgan fingerprint density at radius 1 is 1.17 bits per heavy atom. The zero-order valence-electron chi connectivity index (χ0n) is 16.8. The van der Waals surface area contributed by atoms with E-state index in [1.54, 1.807) is 25.0 Å². The first kappa shape index (κ1) is 20.7. The highest BCUT2D eigenvalue weighted by Gasteiger charge is 2.34. The van der Waals surface area contributed by atoms with Crippen LogP contribution in [0.3, 0.4) is 0 Å². The molecule has 0 radical (unpaired) electrons. The molecule has 2 N–H and O–H groups in total. The lowest BCUT2D eigenvalue weighted by Gasteiger charge is -2.20. The predicted molar refractivity (Wildman–Crippen MR) is 118 cm³/mol. The van der Waals surface area contributed by atoms with Crippen molar-refractivity contribution in [3.63, 3.8) is 0 Å². The highest BCUT2D eigenvalue weighted by atomic mass is 32.2. The lowest BCUT2D eigenvalue weighted by Crippen LogP contribution is -2.33. The van der Waals surface area contributed by atoms with Crippen molar-refractivity contribution in [2.45, 2.75) is 26.0 Å². The third kappa shape index (κ3) is 4.68. The van der Waals surface area contributed by atoms with Crippen LogP contribution in [0.4, 0.5) is 5.69 Å². The van der Waals surface area contributed by atoms with E-state index in [2.05, 4.69) is 4.99 Å². The number of thioether (sulfide) groups is 1. The third-order valence-corrected chi connectivity index (χ3v) is 5.47. The van der Waals surface area contributed by atoms with Crippen LogP contribution in [0, 0.1) is 13.8 Å². The van der Waals surface area contributed by atoms with Crippen molar-refractivity contribution in [3.8, 4) is 5.75 Å². The Balaban J connectivity index is 2.02. The van der Waals surface area contributed by atoms with Gasteiger partial charge in [0.05, 0.1) is 18.0 Å². The van der Waals surface area contributed by atoms with Gasteiger partial charge >= 0.3 is 0 Å². The molecule has 1 heterocycles. The molecule has 2 amide bonds. The van der Waals surface area contributed by atoms with E-state index in [4.69, 9.17) is 10.5 Å². The van der Waals surface area contributed by atoms with E-state index in [0.717, 1.165) is 22.4 Å². The fourth-order valence-corrected chi connectivity index (χ4v) is 3.83. The molecule has 1 atom stereocenters. The number of anilines is 1. The molecule has 0 saturated heterocycles. The van der Waals surface area contributed by atoms with Gasteiger partial charge in [0, 0.05) is 0 Å². The van der Waals surface area contributed by atoms with E-state index < -0.39 is 11.2 Å². The number of methoxy groups -OCH3 is 1. The Morgan fingerprint density at radius 2 is 1.79 bits per heavy atom. The molecule has 0 aromatic heterocycles. The van der Waals surface area contributed by atoms with Crippen LogP contribution < -0.4 is 15.4 Å². The molecule has 2 aromatic carbocycles. The number of hydrogen-bond acceptors (Lipinski definition) is 5.